The van der Waals surface area contributed by atoms with E-state index in [4.69, 9.17) is 0 Å². The van der Waals surface area contributed by atoms with Gasteiger partial charge in [0.1, 0.15) is 5.84 Å². The fraction of sp³-hybridized carbons (Fsp3) is 0.500. The molecule has 3 heteroatoms. The fourth-order valence-electron chi connectivity index (χ4n) is 1.70. The molecule has 0 atom stereocenters. The number of nitrogens with zero attached hydrogens (tertiary/aromatic N) is 2. The quantitative estimate of drug-likeness (QED) is 0.416. The van der Waals surface area contributed by atoms with Gasteiger partial charge in [-0.3, -0.25) is 9.79 Å². The normalized spacial score (nSPS) is 12.3. The van der Waals surface area contributed by atoms with Gasteiger partial charge < -0.3 is 4.57 Å². The third-order valence-electron chi connectivity index (χ3n) is 2.31. The van der Waals surface area contributed by atoms with E-state index < -0.39 is 0 Å². The summed E-state index contributed by atoms with van der Waals surface area (Å²) in [5, 5.41) is 0. The fourth-order valence-corrected chi connectivity index (χ4v) is 1.70. The molecule has 3 nitrogen and oxygen atoms in total. The van der Waals surface area contributed by atoms with Crippen molar-refractivity contribution in [2.75, 3.05) is 7.05 Å². The van der Waals surface area contributed by atoms with Crippen molar-refractivity contribution in [1.29, 1.82) is 0 Å². The van der Waals surface area contributed by atoms with E-state index in [2.05, 4.69) is 18.8 Å². The molecule has 0 bridgehead atoms. The zero-order valence-electron chi connectivity index (χ0n) is 10.0. The molecular formula is C12H18N2O. The molecule has 1 aromatic rings. The lowest BCUT2D eigenvalue weighted by Crippen LogP contribution is -2.21. The zero-order valence-corrected chi connectivity index (χ0v) is 10.0. The molecule has 1 aromatic heterocycles. The zero-order chi connectivity index (χ0) is 11.6. The minimum atomic E-state index is 0.0740. The highest BCUT2D eigenvalue weighted by Gasteiger charge is 2.14. The molecule has 1 rings (SSSR count). The van der Waals surface area contributed by atoms with Gasteiger partial charge in [0.2, 0.25) is 0 Å². The van der Waals surface area contributed by atoms with Gasteiger partial charge in [0.05, 0.1) is 5.69 Å². The van der Waals surface area contributed by atoms with Crippen molar-refractivity contribution in [3.63, 3.8) is 0 Å². The highest BCUT2D eigenvalue weighted by molar-refractivity contribution is 5.99. The maximum absolute atomic E-state index is 11.4. The molecular weight excluding hydrogens is 188 g/mol. The Kier molecular flexibility index (Phi) is 3.45. The van der Waals surface area contributed by atoms with Crippen LogP contribution in [-0.4, -0.2) is 23.2 Å². The second-order valence-electron chi connectivity index (χ2n) is 4.07. The minimum Gasteiger partial charge on any atom is -0.302 e. The molecule has 0 aromatic carbocycles. The van der Waals surface area contributed by atoms with Crippen LogP contribution in [0.15, 0.2) is 17.3 Å². The highest BCUT2D eigenvalue weighted by atomic mass is 16.1. The lowest BCUT2D eigenvalue weighted by molar-refractivity contribution is 0.101. The van der Waals surface area contributed by atoms with E-state index in [1.54, 1.807) is 14.0 Å². The average Bonchev–Trinajstić information content (AvgIpc) is 2.48. The minimum absolute atomic E-state index is 0.0740. The van der Waals surface area contributed by atoms with Gasteiger partial charge in [-0.2, -0.15) is 0 Å². The van der Waals surface area contributed by atoms with Gasteiger partial charge in [-0.1, -0.05) is 13.8 Å². The Morgan fingerprint density at radius 1 is 1.47 bits per heavy atom. The van der Waals surface area contributed by atoms with E-state index in [0.29, 0.717) is 11.6 Å². The van der Waals surface area contributed by atoms with Crippen molar-refractivity contribution in [2.24, 2.45) is 10.9 Å². The predicted molar refractivity (Wildman–Crippen MR) is 62.8 cm³/mol. The van der Waals surface area contributed by atoms with Crippen molar-refractivity contribution < 1.29 is 4.79 Å². The third kappa shape index (κ3) is 2.35. The molecule has 0 spiro atoms. The molecule has 1 heterocycles. The van der Waals surface area contributed by atoms with E-state index in [0.717, 1.165) is 11.4 Å². The summed E-state index contributed by atoms with van der Waals surface area (Å²) in [5.74, 6) is 1.30. The second-order valence-corrected chi connectivity index (χ2v) is 4.07. The number of aryl methyl sites for hydroxylation is 1. The Hall–Kier alpha value is -1.38. The largest absolute Gasteiger partial charge is 0.302 e. The Morgan fingerprint density at radius 3 is 2.47 bits per heavy atom. The first-order valence-corrected chi connectivity index (χ1v) is 5.14. The molecule has 0 unspecified atom stereocenters. The highest BCUT2D eigenvalue weighted by Crippen LogP contribution is 2.12. The maximum Gasteiger partial charge on any atom is 0.176 e. The van der Waals surface area contributed by atoms with Gasteiger partial charge in [0, 0.05) is 26.1 Å². The van der Waals surface area contributed by atoms with Crippen LogP contribution in [0.25, 0.3) is 0 Å². The summed E-state index contributed by atoms with van der Waals surface area (Å²) in [6, 6.07) is 1.90. The number of aromatic nitrogens is 1. The molecule has 15 heavy (non-hydrogen) atoms. The first-order valence-electron chi connectivity index (χ1n) is 5.14. The van der Waals surface area contributed by atoms with Gasteiger partial charge in [-0.25, -0.2) is 0 Å². The number of hydrogen-bond donors (Lipinski definition) is 0. The van der Waals surface area contributed by atoms with Gasteiger partial charge in [-0.05, 0) is 18.6 Å². The molecule has 0 aliphatic heterocycles. The van der Waals surface area contributed by atoms with E-state index >= 15 is 0 Å². The summed E-state index contributed by atoms with van der Waals surface area (Å²) < 4.78 is 1.89. The standard InChI is InChI=1S/C12H18N2O/c1-8(2)12(13-5)14-7-9(3)6-11(14)10(4)15/h6-8H,1-5H3/b13-12-. The molecule has 0 radical (unpaired) electrons. The number of aliphatic imine (C=N–C) groups is 1. The second kappa shape index (κ2) is 4.43. The smallest absolute Gasteiger partial charge is 0.176 e. The summed E-state index contributed by atoms with van der Waals surface area (Å²) in [7, 11) is 1.76. The number of rotatable bonds is 2. The number of carbonyl (C=O) groups is 1. The van der Waals surface area contributed by atoms with Crippen molar-refractivity contribution in [2.45, 2.75) is 27.7 Å². The monoisotopic (exact) mass is 206 g/mol. The predicted octanol–water partition coefficient (Wildman–Crippen LogP) is 2.53. The van der Waals surface area contributed by atoms with E-state index in [-0.39, 0.29) is 5.78 Å². The Bertz CT molecular complexity index is 400. The van der Waals surface area contributed by atoms with Gasteiger partial charge in [0.25, 0.3) is 0 Å². The lowest BCUT2D eigenvalue weighted by Gasteiger charge is -2.13. The first kappa shape index (κ1) is 11.7. The molecule has 0 fully saturated rings. The number of ketones is 1. The molecule has 0 aliphatic rings. The number of Topliss-reactive ketones (excluding diaryl/α,β-unsaturated/α-hetero) is 1. The Labute approximate surface area is 90.8 Å². The van der Waals surface area contributed by atoms with Crippen LogP contribution in [0.1, 0.15) is 36.8 Å². The van der Waals surface area contributed by atoms with Crippen molar-refractivity contribution in [1.82, 2.24) is 4.57 Å². The van der Waals surface area contributed by atoms with Gasteiger partial charge in [0.15, 0.2) is 5.78 Å². The van der Waals surface area contributed by atoms with Crippen LogP contribution >= 0.6 is 0 Å². The summed E-state index contributed by atoms with van der Waals surface area (Å²) in [4.78, 5) is 15.7. The topological polar surface area (TPSA) is 34.4 Å². The van der Waals surface area contributed by atoms with Gasteiger partial charge >= 0.3 is 0 Å². The number of hydrogen-bond acceptors (Lipinski definition) is 2. The van der Waals surface area contributed by atoms with Crippen LogP contribution in [0, 0.1) is 12.8 Å². The molecule has 0 N–H and O–H groups in total. The van der Waals surface area contributed by atoms with E-state index in [1.165, 1.54) is 0 Å². The number of carbonyl (C=O) groups excluding carboxylic acids is 1. The van der Waals surface area contributed by atoms with Crippen molar-refractivity contribution >= 4 is 11.6 Å². The SMILES string of the molecule is C/N=C(/C(C)C)n1cc(C)cc1C(C)=O. The van der Waals surface area contributed by atoms with Crippen LogP contribution in [0.4, 0.5) is 0 Å². The first-order chi connectivity index (χ1) is 6.97. The van der Waals surface area contributed by atoms with E-state index in [1.807, 2.05) is 23.8 Å². The Balaban J connectivity index is 3.29. The van der Waals surface area contributed by atoms with Crippen molar-refractivity contribution in [3.8, 4) is 0 Å². The summed E-state index contributed by atoms with van der Waals surface area (Å²) in [6.07, 6.45) is 1.96. The van der Waals surface area contributed by atoms with Crippen LogP contribution in [0.5, 0.6) is 0 Å². The maximum atomic E-state index is 11.4. The molecule has 0 saturated heterocycles. The summed E-state index contributed by atoms with van der Waals surface area (Å²) in [5.41, 5.74) is 1.80. The summed E-state index contributed by atoms with van der Waals surface area (Å²) in [6.45, 7) is 7.71. The van der Waals surface area contributed by atoms with Crippen LogP contribution in [0.2, 0.25) is 0 Å². The van der Waals surface area contributed by atoms with E-state index in [9.17, 15) is 4.79 Å². The Morgan fingerprint density at radius 2 is 2.07 bits per heavy atom. The molecule has 0 amide bonds. The lowest BCUT2D eigenvalue weighted by atomic mass is 10.2. The molecule has 82 valence electrons. The molecule has 0 aliphatic carbocycles. The van der Waals surface area contributed by atoms with Crippen LogP contribution < -0.4 is 0 Å². The van der Waals surface area contributed by atoms with Gasteiger partial charge in [-0.15, -0.1) is 0 Å². The third-order valence-corrected chi connectivity index (χ3v) is 2.31. The van der Waals surface area contributed by atoms with Crippen LogP contribution in [0.3, 0.4) is 0 Å². The van der Waals surface area contributed by atoms with Crippen LogP contribution in [-0.2, 0) is 0 Å². The average molecular weight is 206 g/mol. The summed E-state index contributed by atoms with van der Waals surface area (Å²) >= 11 is 0. The molecule has 0 saturated carbocycles. The van der Waals surface area contributed by atoms with Crippen molar-refractivity contribution in [3.05, 3.63) is 23.5 Å².